The van der Waals surface area contributed by atoms with Crippen LogP contribution in [0.2, 0.25) is 0 Å². The number of para-hydroxylation sites is 1. The Hall–Kier alpha value is -2.66. The van der Waals surface area contributed by atoms with Crippen molar-refractivity contribution in [2.75, 3.05) is 5.32 Å². The third-order valence-electron chi connectivity index (χ3n) is 4.63. The normalized spacial score (nSPS) is 18.8. The Morgan fingerprint density at radius 2 is 1.68 bits per heavy atom. The second kappa shape index (κ2) is 7.40. The van der Waals surface area contributed by atoms with Gasteiger partial charge in [-0.25, -0.2) is 5.06 Å². The van der Waals surface area contributed by atoms with Crippen LogP contribution in [0.25, 0.3) is 0 Å². The highest BCUT2D eigenvalue weighted by molar-refractivity contribution is 5.97. The zero-order chi connectivity index (χ0) is 20.5. The zero-order valence-corrected chi connectivity index (χ0v) is 17.2. The number of carbonyl (C=O) groups excluding carboxylic acids is 2. The molecule has 5 nitrogen and oxygen atoms in total. The molecule has 0 aromatic heterocycles. The molecule has 28 heavy (non-hydrogen) atoms. The van der Waals surface area contributed by atoms with Crippen molar-refractivity contribution in [1.82, 2.24) is 5.06 Å². The summed E-state index contributed by atoms with van der Waals surface area (Å²) in [5, 5.41) is 4.73. The van der Waals surface area contributed by atoms with Crippen LogP contribution in [0.3, 0.4) is 0 Å². The summed E-state index contributed by atoms with van der Waals surface area (Å²) in [7, 11) is 0. The first-order chi connectivity index (χ1) is 13.1. The van der Waals surface area contributed by atoms with Crippen LogP contribution in [0.15, 0.2) is 54.6 Å². The van der Waals surface area contributed by atoms with Crippen molar-refractivity contribution in [1.29, 1.82) is 0 Å². The van der Waals surface area contributed by atoms with Crippen LogP contribution in [0.4, 0.5) is 5.69 Å². The highest BCUT2D eigenvalue weighted by Crippen LogP contribution is 2.39. The van der Waals surface area contributed by atoms with E-state index in [2.05, 4.69) is 5.32 Å². The van der Waals surface area contributed by atoms with Crippen molar-refractivity contribution < 1.29 is 14.4 Å². The maximum Gasteiger partial charge on any atom is 0.271 e. The molecular weight excluding hydrogens is 352 g/mol. The number of benzene rings is 2. The molecule has 2 aromatic carbocycles. The molecule has 0 radical (unpaired) electrons. The van der Waals surface area contributed by atoms with Gasteiger partial charge in [-0.2, -0.15) is 0 Å². The molecule has 0 saturated heterocycles. The maximum atomic E-state index is 13.4. The average Bonchev–Trinajstić information content (AvgIpc) is 2.70. The topological polar surface area (TPSA) is 58.6 Å². The van der Waals surface area contributed by atoms with Crippen LogP contribution in [0.5, 0.6) is 0 Å². The van der Waals surface area contributed by atoms with Crippen LogP contribution in [-0.2, 0) is 9.63 Å². The molecule has 1 N–H and O–H groups in total. The van der Waals surface area contributed by atoms with E-state index in [4.69, 9.17) is 4.84 Å². The van der Waals surface area contributed by atoms with Gasteiger partial charge in [0.1, 0.15) is 5.54 Å². The quantitative estimate of drug-likeness (QED) is 0.777. The Labute approximate surface area is 166 Å². The van der Waals surface area contributed by atoms with Crippen molar-refractivity contribution in [3.05, 3.63) is 65.7 Å². The Balaban J connectivity index is 2.07. The van der Waals surface area contributed by atoms with Gasteiger partial charge in [0.05, 0.1) is 11.6 Å². The number of Topliss-reactive ketones (excluding diaryl/α,β-unsaturated/α-hetero) is 1. The van der Waals surface area contributed by atoms with E-state index in [0.717, 1.165) is 11.3 Å². The number of hydrogen-bond donors (Lipinski definition) is 1. The van der Waals surface area contributed by atoms with E-state index in [9.17, 15) is 9.59 Å². The smallest absolute Gasteiger partial charge is 0.271 e. The largest absolute Gasteiger partial charge is 0.371 e. The fourth-order valence-corrected chi connectivity index (χ4v) is 3.35. The highest BCUT2D eigenvalue weighted by Gasteiger charge is 2.43. The van der Waals surface area contributed by atoms with Crippen LogP contribution in [-0.4, -0.2) is 27.9 Å². The van der Waals surface area contributed by atoms with Crippen LogP contribution in [0, 0.1) is 0 Å². The predicted molar refractivity (Wildman–Crippen MR) is 110 cm³/mol. The van der Waals surface area contributed by atoms with Crippen molar-refractivity contribution in [3.63, 3.8) is 0 Å². The van der Waals surface area contributed by atoms with Gasteiger partial charge in [0.2, 0.25) is 0 Å². The van der Waals surface area contributed by atoms with Crippen LogP contribution in [0.1, 0.15) is 63.0 Å². The Morgan fingerprint density at radius 1 is 1.07 bits per heavy atom. The number of rotatable bonds is 4. The highest BCUT2D eigenvalue weighted by atomic mass is 16.7. The minimum atomic E-state index is -0.869. The summed E-state index contributed by atoms with van der Waals surface area (Å²) >= 11 is 0. The lowest BCUT2D eigenvalue weighted by atomic mass is 9.96. The molecule has 148 valence electrons. The van der Waals surface area contributed by atoms with Crippen LogP contribution >= 0.6 is 0 Å². The third-order valence-corrected chi connectivity index (χ3v) is 4.63. The SMILES string of the molecule is CC(C)(C)ON1C(=O)C(C)(C)Nc2ccccc2C1CC(=O)c1ccccc1. The van der Waals surface area contributed by atoms with E-state index < -0.39 is 17.2 Å². The van der Waals surface area contributed by atoms with Gasteiger partial charge in [0.15, 0.2) is 5.78 Å². The average molecular weight is 380 g/mol. The van der Waals surface area contributed by atoms with Gasteiger partial charge in [0.25, 0.3) is 5.91 Å². The molecular formula is C23H28N2O3. The fourth-order valence-electron chi connectivity index (χ4n) is 3.35. The van der Waals surface area contributed by atoms with Gasteiger partial charge in [0, 0.05) is 23.2 Å². The number of anilines is 1. The molecule has 1 amide bonds. The second-order valence-corrected chi connectivity index (χ2v) is 8.68. The van der Waals surface area contributed by atoms with Crippen molar-refractivity contribution in [3.8, 4) is 0 Å². The molecule has 0 saturated carbocycles. The summed E-state index contributed by atoms with van der Waals surface area (Å²) in [6.07, 6.45) is 0.139. The maximum absolute atomic E-state index is 13.4. The lowest BCUT2D eigenvalue weighted by Gasteiger charge is -2.37. The van der Waals surface area contributed by atoms with E-state index in [1.54, 1.807) is 12.1 Å². The van der Waals surface area contributed by atoms with Gasteiger partial charge in [-0.05, 0) is 40.7 Å². The minimum Gasteiger partial charge on any atom is -0.371 e. The summed E-state index contributed by atoms with van der Waals surface area (Å²) in [4.78, 5) is 32.5. The second-order valence-electron chi connectivity index (χ2n) is 8.68. The molecule has 2 aromatic rings. The number of hydrogen-bond acceptors (Lipinski definition) is 4. The number of nitrogens with one attached hydrogen (secondary N) is 1. The van der Waals surface area contributed by atoms with Crippen molar-refractivity contribution >= 4 is 17.4 Å². The monoisotopic (exact) mass is 380 g/mol. The Morgan fingerprint density at radius 3 is 2.32 bits per heavy atom. The molecule has 5 heteroatoms. The van der Waals surface area contributed by atoms with E-state index in [0.29, 0.717) is 5.56 Å². The first kappa shape index (κ1) is 20.1. The van der Waals surface area contributed by atoms with Gasteiger partial charge >= 0.3 is 0 Å². The number of amides is 1. The number of nitrogens with zero attached hydrogens (tertiary/aromatic N) is 1. The van der Waals surface area contributed by atoms with E-state index in [1.165, 1.54) is 5.06 Å². The fraction of sp³-hybridized carbons (Fsp3) is 0.391. The number of fused-ring (bicyclic) bond motifs is 1. The lowest BCUT2D eigenvalue weighted by Crippen LogP contribution is -2.51. The molecule has 0 bridgehead atoms. The third kappa shape index (κ3) is 4.25. The Bertz CT molecular complexity index is 869. The first-order valence-corrected chi connectivity index (χ1v) is 9.57. The molecule has 1 unspecified atom stereocenters. The molecule has 1 aliphatic rings. The molecule has 1 atom stereocenters. The zero-order valence-electron chi connectivity index (χ0n) is 17.2. The van der Waals surface area contributed by atoms with Crippen molar-refractivity contribution in [2.45, 2.75) is 58.2 Å². The lowest BCUT2D eigenvalue weighted by molar-refractivity contribution is -0.245. The predicted octanol–water partition coefficient (Wildman–Crippen LogP) is 4.76. The summed E-state index contributed by atoms with van der Waals surface area (Å²) in [5.41, 5.74) is 0.881. The number of ketones is 1. The standard InChI is InChI=1S/C23H28N2O3/c1-22(2,3)28-25-19(15-20(26)16-11-7-6-8-12-16)17-13-9-10-14-18(17)24-23(4,5)21(25)27/h6-14,19,24H,15H2,1-5H3. The summed E-state index contributed by atoms with van der Waals surface area (Å²) in [6, 6.07) is 16.3. The minimum absolute atomic E-state index is 0.0320. The molecule has 0 spiro atoms. The molecule has 1 aliphatic heterocycles. The van der Waals surface area contributed by atoms with Crippen molar-refractivity contribution in [2.24, 2.45) is 0 Å². The van der Waals surface area contributed by atoms with Gasteiger partial charge in [-0.1, -0.05) is 48.5 Å². The van der Waals surface area contributed by atoms with E-state index >= 15 is 0 Å². The number of carbonyl (C=O) groups is 2. The van der Waals surface area contributed by atoms with Gasteiger partial charge in [-0.15, -0.1) is 0 Å². The summed E-state index contributed by atoms with van der Waals surface area (Å²) < 4.78 is 0. The number of hydroxylamine groups is 2. The molecule has 1 heterocycles. The molecule has 0 fully saturated rings. The van der Waals surface area contributed by atoms with Crippen LogP contribution < -0.4 is 5.32 Å². The summed E-state index contributed by atoms with van der Waals surface area (Å²) in [6.45, 7) is 9.34. The van der Waals surface area contributed by atoms with Gasteiger partial charge < -0.3 is 5.32 Å². The first-order valence-electron chi connectivity index (χ1n) is 9.57. The van der Waals surface area contributed by atoms with Gasteiger partial charge in [-0.3, -0.25) is 14.4 Å². The van der Waals surface area contributed by atoms with E-state index in [1.807, 2.05) is 77.1 Å². The Kier molecular flexibility index (Phi) is 5.31. The molecule has 0 aliphatic carbocycles. The van der Waals surface area contributed by atoms with E-state index in [-0.39, 0.29) is 18.1 Å². The summed E-state index contributed by atoms with van der Waals surface area (Å²) in [5.74, 6) is -0.236. The molecule has 3 rings (SSSR count).